The summed E-state index contributed by atoms with van der Waals surface area (Å²) in [7, 11) is 0. The van der Waals surface area contributed by atoms with Gasteiger partial charge in [-0.3, -0.25) is 14.4 Å². The van der Waals surface area contributed by atoms with Crippen molar-refractivity contribution < 1.29 is 19.5 Å². The van der Waals surface area contributed by atoms with Crippen molar-refractivity contribution in [3.8, 4) is 0 Å². The third-order valence-corrected chi connectivity index (χ3v) is 10.4. The molecule has 9 heteroatoms. The van der Waals surface area contributed by atoms with Gasteiger partial charge in [0.15, 0.2) is 0 Å². The van der Waals surface area contributed by atoms with Crippen LogP contribution in [0.5, 0.6) is 0 Å². The summed E-state index contributed by atoms with van der Waals surface area (Å²) in [6.45, 7) is 11.1. The molecule has 39 heavy (non-hydrogen) atoms. The first-order valence-electron chi connectivity index (χ1n) is 14.2. The average Bonchev–Trinajstić information content (AvgIpc) is 3.27. The van der Waals surface area contributed by atoms with Crippen LogP contribution >= 0.6 is 11.8 Å². The van der Waals surface area contributed by atoms with Crippen LogP contribution in [0, 0.1) is 11.8 Å². The van der Waals surface area contributed by atoms with Crippen LogP contribution in [-0.4, -0.2) is 94.0 Å². The van der Waals surface area contributed by atoms with E-state index in [0.29, 0.717) is 19.6 Å². The van der Waals surface area contributed by atoms with Crippen molar-refractivity contribution >= 4 is 40.9 Å². The quantitative estimate of drug-likeness (QED) is 0.500. The summed E-state index contributed by atoms with van der Waals surface area (Å²) in [4.78, 5) is 49.9. The van der Waals surface area contributed by atoms with Gasteiger partial charge in [0, 0.05) is 49.3 Å². The van der Waals surface area contributed by atoms with Gasteiger partial charge in [-0.05, 0) is 51.5 Å². The van der Waals surface area contributed by atoms with Gasteiger partial charge >= 0.3 is 0 Å². The van der Waals surface area contributed by atoms with E-state index in [2.05, 4.69) is 24.8 Å². The van der Waals surface area contributed by atoms with Gasteiger partial charge in [-0.2, -0.15) is 0 Å². The molecule has 210 valence electrons. The Kier molecular flexibility index (Phi) is 7.84. The lowest BCUT2D eigenvalue weighted by atomic mass is 9.78. The largest absolute Gasteiger partial charge is 0.394 e. The Labute approximate surface area is 235 Å². The minimum Gasteiger partial charge on any atom is -0.394 e. The third-order valence-electron chi connectivity index (χ3n) is 8.70. The van der Waals surface area contributed by atoms with E-state index < -0.39 is 28.7 Å². The molecule has 0 saturated carbocycles. The molecule has 2 saturated heterocycles. The van der Waals surface area contributed by atoms with E-state index in [4.69, 9.17) is 0 Å². The summed E-state index contributed by atoms with van der Waals surface area (Å²) in [5, 5.41) is 9.96. The third kappa shape index (κ3) is 4.38. The Hall–Kier alpha value is -2.78. The number of hydrogen-bond donors (Lipinski definition) is 1. The smallest absolute Gasteiger partial charge is 0.251 e. The summed E-state index contributed by atoms with van der Waals surface area (Å²) >= 11 is 1.58. The molecule has 0 aliphatic carbocycles. The molecule has 1 N–H and O–H groups in total. The van der Waals surface area contributed by atoms with E-state index in [1.54, 1.807) is 28.5 Å². The number of anilines is 2. The van der Waals surface area contributed by atoms with Crippen molar-refractivity contribution in [3.63, 3.8) is 0 Å². The zero-order valence-corrected chi connectivity index (χ0v) is 24.1. The fourth-order valence-corrected chi connectivity index (χ4v) is 8.82. The van der Waals surface area contributed by atoms with E-state index >= 15 is 0 Å². The minimum absolute atomic E-state index is 0.0132. The van der Waals surface area contributed by atoms with Crippen molar-refractivity contribution in [2.24, 2.45) is 11.8 Å². The molecule has 1 spiro atoms. The van der Waals surface area contributed by atoms with Crippen molar-refractivity contribution in [2.75, 3.05) is 49.1 Å². The number of fused-ring (bicyclic) bond motifs is 2. The summed E-state index contributed by atoms with van der Waals surface area (Å²) in [6, 6.07) is 6.64. The zero-order chi connectivity index (χ0) is 27.9. The maximum absolute atomic E-state index is 14.5. The SMILES string of the molecule is CCCN1CC=C[C@H]2S[C@]34C=CCN(c5ccc(N(CC)CC)cc5)C(=O)C3N([C@H](C)CO)C(=O)[C@@H]4[C@H]2C1=O. The minimum atomic E-state index is -0.877. The molecule has 4 aliphatic rings. The first-order valence-corrected chi connectivity index (χ1v) is 15.1. The van der Waals surface area contributed by atoms with Crippen LogP contribution in [0.1, 0.15) is 34.1 Å². The van der Waals surface area contributed by atoms with Crippen LogP contribution in [0.2, 0.25) is 0 Å². The highest BCUT2D eigenvalue weighted by Gasteiger charge is 2.71. The molecule has 4 aliphatic heterocycles. The van der Waals surface area contributed by atoms with Crippen LogP contribution in [0.3, 0.4) is 0 Å². The molecule has 6 atom stereocenters. The number of rotatable bonds is 8. The molecule has 1 aromatic rings. The normalized spacial score (nSPS) is 30.7. The second kappa shape index (κ2) is 11.0. The number of carbonyl (C=O) groups is 3. The van der Waals surface area contributed by atoms with Gasteiger partial charge in [-0.1, -0.05) is 31.2 Å². The first-order chi connectivity index (χ1) is 18.8. The number of likely N-dealkylation sites (tertiary alicyclic amines) is 1. The van der Waals surface area contributed by atoms with E-state index in [-0.39, 0.29) is 29.6 Å². The second-order valence-electron chi connectivity index (χ2n) is 10.9. The van der Waals surface area contributed by atoms with Crippen LogP contribution < -0.4 is 9.80 Å². The van der Waals surface area contributed by atoms with Crippen LogP contribution in [0.25, 0.3) is 0 Å². The van der Waals surface area contributed by atoms with Gasteiger partial charge in [0.25, 0.3) is 5.91 Å². The Balaban J connectivity index is 1.56. The van der Waals surface area contributed by atoms with Crippen molar-refractivity contribution in [1.29, 1.82) is 0 Å². The maximum atomic E-state index is 14.5. The van der Waals surface area contributed by atoms with Gasteiger partial charge in [0.1, 0.15) is 6.04 Å². The molecule has 1 aromatic carbocycles. The van der Waals surface area contributed by atoms with E-state index in [1.165, 1.54) is 0 Å². The van der Waals surface area contributed by atoms with Crippen LogP contribution in [0.15, 0.2) is 48.6 Å². The first kappa shape index (κ1) is 27.8. The predicted octanol–water partition coefficient (Wildman–Crippen LogP) is 2.92. The summed E-state index contributed by atoms with van der Waals surface area (Å²) < 4.78 is -0.877. The number of thioether (sulfide) groups is 1. The molecule has 1 unspecified atom stereocenters. The summed E-state index contributed by atoms with van der Waals surface area (Å²) in [6.07, 6.45) is 8.94. The molecular formula is C30H40N4O4S. The molecule has 0 aromatic heterocycles. The van der Waals surface area contributed by atoms with E-state index in [1.807, 2.05) is 54.3 Å². The Morgan fingerprint density at radius 1 is 1.03 bits per heavy atom. The Morgan fingerprint density at radius 2 is 1.74 bits per heavy atom. The number of benzene rings is 1. The maximum Gasteiger partial charge on any atom is 0.251 e. The average molecular weight is 553 g/mol. The zero-order valence-electron chi connectivity index (χ0n) is 23.3. The van der Waals surface area contributed by atoms with Gasteiger partial charge in [-0.15, -0.1) is 11.8 Å². The molecule has 0 bridgehead atoms. The molecule has 5 rings (SSSR count). The monoisotopic (exact) mass is 552 g/mol. The van der Waals surface area contributed by atoms with Gasteiger partial charge in [-0.25, -0.2) is 0 Å². The Morgan fingerprint density at radius 3 is 2.38 bits per heavy atom. The fraction of sp³-hybridized carbons (Fsp3) is 0.567. The van der Waals surface area contributed by atoms with Crippen LogP contribution in [0.4, 0.5) is 11.4 Å². The number of hydrogen-bond acceptors (Lipinski definition) is 6. The van der Waals surface area contributed by atoms with Gasteiger partial charge in [0.05, 0.1) is 29.2 Å². The van der Waals surface area contributed by atoms with Crippen molar-refractivity contribution in [3.05, 3.63) is 48.6 Å². The molecule has 4 heterocycles. The highest BCUT2D eigenvalue weighted by atomic mass is 32.2. The van der Waals surface area contributed by atoms with E-state index in [0.717, 1.165) is 30.9 Å². The summed E-state index contributed by atoms with van der Waals surface area (Å²) in [5.74, 6) is -1.59. The van der Waals surface area contributed by atoms with Crippen molar-refractivity contribution in [2.45, 2.75) is 56.2 Å². The molecule has 3 amide bonds. The van der Waals surface area contributed by atoms with Crippen molar-refractivity contribution in [1.82, 2.24) is 9.80 Å². The Bertz CT molecular complexity index is 1170. The predicted molar refractivity (Wildman–Crippen MR) is 156 cm³/mol. The number of nitrogens with zero attached hydrogens (tertiary/aromatic N) is 4. The lowest BCUT2D eigenvalue weighted by Gasteiger charge is -2.37. The molecule has 8 nitrogen and oxygen atoms in total. The van der Waals surface area contributed by atoms with Gasteiger partial charge < -0.3 is 24.7 Å². The molecule has 0 radical (unpaired) electrons. The number of aliphatic hydroxyl groups is 1. The highest BCUT2D eigenvalue weighted by molar-refractivity contribution is 8.02. The fourth-order valence-electron chi connectivity index (χ4n) is 6.83. The number of aliphatic hydroxyl groups excluding tert-OH is 1. The molecule has 2 fully saturated rings. The van der Waals surface area contributed by atoms with Gasteiger partial charge in [0.2, 0.25) is 11.8 Å². The molecular weight excluding hydrogens is 512 g/mol. The number of carbonyl (C=O) groups excluding carboxylic acids is 3. The summed E-state index contributed by atoms with van der Waals surface area (Å²) in [5.41, 5.74) is 1.87. The number of amides is 3. The highest BCUT2D eigenvalue weighted by Crippen LogP contribution is 2.61. The second-order valence-corrected chi connectivity index (χ2v) is 12.4. The standard InChI is InChI=1S/C30H40N4O4S/c1-5-16-32-17-8-10-23-24(27(32)36)25-28(37)34(20(4)19-35)26-29(38)33(18-9-15-30(25,26)39-23)22-13-11-21(12-14-22)31(6-2)7-3/h8-15,20,23-26,35H,5-7,16-19H2,1-4H3/t20-,23-,24+,25+,26?,30+/m1/s1. The lowest BCUT2D eigenvalue weighted by molar-refractivity contribution is -0.144. The van der Waals surface area contributed by atoms with E-state index in [9.17, 15) is 19.5 Å². The van der Waals surface area contributed by atoms with Crippen LogP contribution in [-0.2, 0) is 14.4 Å². The topological polar surface area (TPSA) is 84.4 Å². The lowest BCUT2D eigenvalue weighted by Crippen LogP contribution is -2.56.